The predicted molar refractivity (Wildman–Crippen MR) is 47.0 cm³/mol. The van der Waals surface area contributed by atoms with E-state index in [0.29, 0.717) is 0 Å². The molecule has 0 aromatic rings. The molecule has 0 spiro atoms. The molecule has 0 radical (unpaired) electrons. The Bertz CT molecular complexity index is 112. The van der Waals surface area contributed by atoms with Crippen LogP contribution in [0.1, 0.15) is 26.7 Å². The van der Waals surface area contributed by atoms with Crippen LogP contribution in [-0.4, -0.2) is 20.8 Å². The zero-order valence-electron chi connectivity index (χ0n) is 7.04. The van der Waals surface area contributed by atoms with Gasteiger partial charge in [-0.2, -0.15) is 0 Å². The molecule has 3 N–H and O–H groups in total. The van der Waals surface area contributed by atoms with Crippen LogP contribution in [0.15, 0.2) is 0 Å². The van der Waals surface area contributed by atoms with Crippen LogP contribution in [0.25, 0.3) is 0 Å². The van der Waals surface area contributed by atoms with Crippen LogP contribution < -0.4 is 0 Å². The highest BCUT2D eigenvalue weighted by Crippen LogP contribution is 2.47. The van der Waals surface area contributed by atoms with Crippen molar-refractivity contribution in [2.24, 2.45) is 0 Å². The van der Waals surface area contributed by atoms with Crippen LogP contribution in [0.3, 0.4) is 0 Å². The molecule has 7 heteroatoms. The van der Waals surface area contributed by atoms with Gasteiger partial charge in [0.05, 0.1) is 6.10 Å². The summed E-state index contributed by atoms with van der Waals surface area (Å²) >= 11 is 0. The molecule has 74 valence electrons. The van der Waals surface area contributed by atoms with Crippen molar-refractivity contribution in [3.05, 3.63) is 0 Å². The SMILES string of the molecule is CCCC(C)OP(O)OP(O)O. The largest absolute Gasteiger partial charge is 0.337 e. The van der Waals surface area contributed by atoms with Gasteiger partial charge in [0.25, 0.3) is 0 Å². The van der Waals surface area contributed by atoms with Crippen LogP contribution in [0.4, 0.5) is 0 Å². The first kappa shape index (κ1) is 12.7. The third kappa shape index (κ3) is 7.32. The lowest BCUT2D eigenvalue weighted by atomic mass is 10.2. The number of hydrogen-bond acceptors (Lipinski definition) is 5. The van der Waals surface area contributed by atoms with E-state index in [-0.39, 0.29) is 6.10 Å². The fourth-order valence-corrected chi connectivity index (χ4v) is 1.76. The summed E-state index contributed by atoms with van der Waals surface area (Å²) in [5, 5.41) is 0. The summed E-state index contributed by atoms with van der Waals surface area (Å²) in [6.07, 6.45) is 1.62. The normalized spacial score (nSPS) is 16.5. The quantitative estimate of drug-likeness (QED) is 0.588. The molecular formula is C5H14O5P2. The smallest absolute Gasteiger partial charge is 0.328 e. The number of rotatable bonds is 6. The monoisotopic (exact) mass is 216 g/mol. The fraction of sp³-hybridized carbons (Fsp3) is 1.00. The van der Waals surface area contributed by atoms with Gasteiger partial charge in [0.1, 0.15) is 0 Å². The standard InChI is InChI=1S/C5H14O5P2/c1-3-4-5(2)9-12(8)10-11(6)7/h5-8H,3-4H2,1-2H3. The van der Waals surface area contributed by atoms with E-state index in [9.17, 15) is 0 Å². The Morgan fingerprint density at radius 1 is 1.33 bits per heavy atom. The molecule has 0 fully saturated rings. The highest BCUT2D eigenvalue weighted by Gasteiger charge is 2.15. The van der Waals surface area contributed by atoms with E-state index >= 15 is 0 Å². The van der Waals surface area contributed by atoms with Crippen LogP contribution in [0, 0.1) is 0 Å². The van der Waals surface area contributed by atoms with Gasteiger partial charge in [-0.3, -0.25) is 0 Å². The van der Waals surface area contributed by atoms with Gasteiger partial charge in [-0.1, -0.05) is 13.3 Å². The van der Waals surface area contributed by atoms with Crippen LogP contribution >= 0.6 is 17.2 Å². The van der Waals surface area contributed by atoms with Gasteiger partial charge in [-0.05, 0) is 13.3 Å². The van der Waals surface area contributed by atoms with Crippen molar-refractivity contribution in [3.63, 3.8) is 0 Å². The number of hydrogen-bond donors (Lipinski definition) is 3. The molecule has 2 atom stereocenters. The summed E-state index contributed by atoms with van der Waals surface area (Å²) in [6.45, 7) is 3.78. The molecule has 0 aliphatic heterocycles. The van der Waals surface area contributed by atoms with E-state index in [1.807, 2.05) is 6.92 Å². The molecule has 12 heavy (non-hydrogen) atoms. The van der Waals surface area contributed by atoms with Crippen molar-refractivity contribution >= 4 is 17.2 Å². The Balaban J connectivity index is 3.46. The van der Waals surface area contributed by atoms with Crippen molar-refractivity contribution in [3.8, 4) is 0 Å². The molecule has 0 aliphatic rings. The molecule has 0 aromatic heterocycles. The zero-order valence-corrected chi connectivity index (χ0v) is 8.83. The third-order valence-electron chi connectivity index (χ3n) is 1.11. The van der Waals surface area contributed by atoms with Gasteiger partial charge in [0.2, 0.25) is 0 Å². The highest BCUT2D eigenvalue weighted by molar-refractivity contribution is 7.54. The molecule has 0 saturated heterocycles. The third-order valence-corrected chi connectivity index (χ3v) is 2.79. The summed E-state index contributed by atoms with van der Waals surface area (Å²) in [5.41, 5.74) is 0. The molecule has 0 aliphatic carbocycles. The Labute approximate surface area is 74.3 Å². The van der Waals surface area contributed by atoms with E-state index in [1.54, 1.807) is 6.92 Å². The van der Waals surface area contributed by atoms with Crippen LogP contribution in [-0.2, 0) is 8.83 Å². The first-order chi connectivity index (χ1) is 5.56. The fourth-order valence-electron chi connectivity index (χ4n) is 0.695. The molecule has 0 aromatic carbocycles. The van der Waals surface area contributed by atoms with Gasteiger partial charge >= 0.3 is 17.2 Å². The molecule has 5 nitrogen and oxygen atoms in total. The van der Waals surface area contributed by atoms with E-state index in [2.05, 4.69) is 4.31 Å². The van der Waals surface area contributed by atoms with Crippen LogP contribution in [0.2, 0.25) is 0 Å². The molecule has 0 heterocycles. The minimum absolute atomic E-state index is 0.124. The van der Waals surface area contributed by atoms with Gasteiger partial charge in [-0.25, -0.2) is 4.31 Å². The van der Waals surface area contributed by atoms with E-state index in [4.69, 9.17) is 19.2 Å². The lowest BCUT2D eigenvalue weighted by Crippen LogP contribution is -2.03. The second-order valence-corrected chi connectivity index (χ2v) is 4.12. The van der Waals surface area contributed by atoms with Gasteiger partial charge in [0, 0.05) is 0 Å². The highest BCUT2D eigenvalue weighted by atomic mass is 31.2. The second kappa shape index (κ2) is 7.10. The summed E-state index contributed by atoms with van der Waals surface area (Å²) in [6, 6.07) is 0. The first-order valence-electron chi connectivity index (χ1n) is 3.58. The topological polar surface area (TPSA) is 79.2 Å². The molecule has 0 amide bonds. The van der Waals surface area contributed by atoms with Crippen molar-refractivity contribution < 1.29 is 23.5 Å². The summed E-state index contributed by atoms with van der Waals surface area (Å²) in [5.74, 6) is 0. The average Bonchev–Trinajstić information content (AvgIpc) is 1.84. The van der Waals surface area contributed by atoms with E-state index in [1.165, 1.54) is 0 Å². The molecule has 2 unspecified atom stereocenters. The van der Waals surface area contributed by atoms with Gasteiger partial charge in [-0.15, -0.1) is 0 Å². The second-order valence-electron chi connectivity index (χ2n) is 2.28. The molecule has 0 bridgehead atoms. The van der Waals surface area contributed by atoms with Crippen molar-refractivity contribution in [2.45, 2.75) is 32.8 Å². The Morgan fingerprint density at radius 2 is 1.92 bits per heavy atom. The maximum Gasteiger partial charge on any atom is 0.337 e. The Morgan fingerprint density at radius 3 is 2.33 bits per heavy atom. The minimum atomic E-state index is -2.53. The summed E-state index contributed by atoms with van der Waals surface area (Å²) in [4.78, 5) is 25.6. The van der Waals surface area contributed by atoms with Gasteiger partial charge < -0.3 is 19.2 Å². The maximum atomic E-state index is 8.93. The predicted octanol–water partition coefficient (Wildman–Crippen LogP) is 1.64. The lowest BCUT2D eigenvalue weighted by Gasteiger charge is -2.15. The minimum Gasteiger partial charge on any atom is -0.328 e. The first-order valence-corrected chi connectivity index (χ1v) is 5.87. The van der Waals surface area contributed by atoms with Crippen molar-refractivity contribution in [2.75, 3.05) is 0 Å². The summed E-state index contributed by atoms with van der Waals surface area (Å²) < 4.78 is 9.14. The Kier molecular flexibility index (Phi) is 7.49. The maximum absolute atomic E-state index is 8.93. The molecular weight excluding hydrogens is 202 g/mol. The Hall–Kier alpha value is 0.660. The van der Waals surface area contributed by atoms with Crippen LogP contribution in [0.5, 0.6) is 0 Å². The molecule has 0 saturated carbocycles. The lowest BCUT2D eigenvalue weighted by molar-refractivity contribution is 0.176. The zero-order chi connectivity index (χ0) is 9.56. The van der Waals surface area contributed by atoms with Crippen molar-refractivity contribution in [1.29, 1.82) is 0 Å². The molecule has 0 rings (SSSR count). The van der Waals surface area contributed by atoms with E-state index < -0.39 is 17.2 Å². The van der Waals surface area contributed by atoms with Crippen molar-refractivity contribution in [1.82, 2.24) is 0 Å². The summed E-state index contributed by atoms with van der Waals surface area (Å²) in [7, 11) is -4.67. The van der Waals surface area contributed by atoms with Gasteiger partial charge in [0.15, 0.2) is 0 Å². The van der Waals surface area contributed by atoms with E-state index in [0.717, 1.165) is 12.8 Å². The average molecular weight is 216 g/mol.